The van der Waals surface area contributed by atoms with Crippen LogP contribution in [0.1, 0.15) is 27.3 Å². The van der Waals surface area contributed by atoms with Gasteiger partial charge in [-0.2, -0.15) is 0 Å². The maximum absolute atomic E-state index is 11.6. The zero-order valence-electron chi connectivity index (χ0n) is 14.9. The number of amides is 1. The van der Waals surface area contributed by atoms with Gasteiger partial charge in [-0.25, -0.2) is 9.78 Å². The van der Waals surface area contributed by atoms with Gasteiger partial charge < -0.3 is 10.1 Å². The Morgan fingerprint density at radius 3 is 2.81 bits per heavy atom. The fraction of sp³-hybridized carbons (Fsp3) is 0.211. The number of nitrogens with zero attached hydrogens (tertiary/aromatic N) is 2. The first-order chi connectivity index (χ1) is 12.5. The summed E-state index contributed by atoms with van der Waals surface area (Å²) in [6.45, 7) is 4.20. The maximum Gasteiger partial charge on any atom is 0.411 e. The smallest absolute Gasteiger partial charge is 0.411 e. The van der Waals surface area contributed by atoms with E-state index in [2.05, 4.69) is 15.6 Å². The molecule has 7 heteroatoms. The minimum atomic E-state index is -0.512. The molecule has 0 aliphatic rings. The van der Waals surface area contributed by atoms with Gasteiger partial charge in [0.25, 0.3) is 0 Å². The number of hydrogen-bond acceptors (Lipinski definition) is 5. The van der Waals surface area contributed by atoms with E-state index >= 15 is 0 Å². The molecule has 2 aromatic heterocycles. The SMILES string of the molecule is COC(=O)Nc1c(C)cccc1CNc1cccn2c(C=O)c(C)nc12. The number of carbonyl (C=O) groups excluding carboxylic acids is 2. The van der Waals surface area contributed by atoms with E-state index in [-0.39, 0.29) is 0 Å². The summed E-state index contributed by atoms with van der Waals surface area (Å²) in [5.41, 5.74) is 5.26. The van der Waals surface area contributed by atoms with E-state index in [9.17, 15) is 9.59 Å². The normalized spacial score (nSPS) is 10.6. The third-order valence-corrected chi connectivity index (χ3v) is 4.22. The molecule has 1 aromatic carbocycles. The lowest BCUT2D eigenvalue weighted by Gasteiger charge is -2.15. The lowest BCUT2D eigenvalue weighted by molar-refractivity contribution is 0.111. The quantitative estimate of drug-likeness (QED) is 0.686. The van der Waals surface area contributed by atoms with E-state index in [1.165, 1.54) is 7.11 Å². The van der Waals surface area contributed by atoms with Crippen LogP contribution in [0.3, 0.4) is 0 Å². The summed E-state index contributed by atoms with van der Waals surface area (Å²) in [6.07, 6.45) is 2.10. The van der Waals surface area contributed by atoms with E-state index < -0.39 is 6.09 Å². The first-order valence-electron chi connectivity index (χ1n) is 8.15. The number of nitrogens with one attached hydrogen (secondary N) is 2. The fourth-order valence-corrected chi connectivity index (χ4v) is 2.88. The lowest BCUT2D eigenvalue weighted by Crippen LogP contribution is -2.15. The third kappa shape index (κ3) is 3.23. The number of rotatable bonds is 5. The number of carbonyl (C=O) groups is 2. The highest BCUT2D eigenvalue weighted by molar-refractivity contribution is 5.87. The van der Waals surface area contributed by atoms with Crippen LogP contribution >= 0.6 is 0 Å². The number of imidazole rings is 1. The first kappa shape index (κ1) is 17.5. The predicted octanol–water partition coefficient (Wildman–Crippen LogP) is 3.55. The maximum atomic E-state index is 11.6. The van der Waals surface area contributed by atoms with Crippen molar-refractivity contribution in [3.63, 3.8) is 0 Å². The second-order valence-electron chi connectivity index (χ2n) is 5.89. The van der Waals surface area contributed by atoms with Gasteiger partial charge in [0.2, 0.25) is 0 Å². The Bertz CT molecular complexity index is 978. The van der Waals surface area contributed by atoms with Gasteiger partial charge in [0.05, 0.1) is 24.2 Å². The van der Waals surface area contributed by atoms with Crippen LogP contribution in [-0.2, 0) is 11.3 Å². The zero-order chi connectivity index (χ0) is 18.7. The van der Waals surface area contributed by atoms with Crippen LogP contribution in [0.5, 0.6) is 0 Å². The minimum Gasteiger partial charge on any atom is -0.453 e. The van der Waals surface area contributed by atoms with Crippen molar-refractivity contribution in [2.24, 2.45) is 0 Å². The summed E-state index contributed by atoms with van der Waals surface area (Å²) >= 11 is 0. The van der Waals surface area contributed by atoms with Crippen molar-refractivity contribution in [3.8, 4) is 0 Å². The molecule has 0 saturated heterocycles. The van der Waals surface area contributed by atoms with Crippen LogP contribution in [0.4, 0.5) is 16.2 Å². The largest absolute Gasteiger partial charge is 0.453 e. The summed E-state index contributed by atoms with van der Waals surface area (Å²) in [5, 5.41) is 6.09. The standard InChI is InChI=1S/C19H20N4O3/c1-12-6-4-7-14(17(12)22-19(25)26-3)10-20-15-8-5-9-23-16(11-24)13(2)21-18(15)23/h4-9,11,20H,10H2,1-3H3,(H,22,25). The number of methoxy groups -OCH3 is 1. The van der Waals surface area contributed by atoms with Crippen molar-refractivity contribution in [2.45, 2.75) is 20.4 Å². The Kier molecular flexibility index (Phi) is 4.88. The number of para-hydroxylation sites is 1. The molecule has 0 atom stereocenters. The Morgan fingerprint density at radius 2 is 2.08 bits per heavy atom. The molecule has 3 rings (SSSR count). The van der Waals surface area contributed by atoms with Crippen molar-refractivity contribution >= 4 is 29.4 Å². The van der Waals surface area contributed by atoms with Crippen molar-refractivity contribution in [1.82, 2.24) is 9.38 Å². The van der Waals surface area contributed by atoms with Crippen LogP contribution in [0.25, 0.3) is 5.65 Å². The van der Waals surface area contributed by atoms with Gasteiger partial charge in [0, 0.05) is 12.7 Å². The average molecular weight is 352 g/mol. The zero-order valence-corrected chi connectivity index (χ0v) is 14.9. The minimum absolute atomic E-state index is 0.475. The lowest BCUT2D eigenvalue weighted by atomic mass is 10.1. The highest BCUT2D eigenvalue weighted by Crippen LogP contribution is 2.24. The number of aldehydes is 1. The van der Waals surface area contributed by atoms with E-state index in [1.807, 2.05) is 37.3 Å². The van der Waals surface area contributed by atoms with Crippen LogP contribution in [0.15, 0.2) is 36.5 Å². The fourth-order valence-electron chi connectivity index (χ4n) is 2.88. The third-order valence-electron chi connectivity index (χ3n) is 4.22. The Balaban J connectivity index is 1.91. The molecule has 0 spiro atoms. The first-order valence-corrected chi connectivity index (χ1v) is 8.15. The molecule has 7 nitrogen and oxygen atoms in total. The molecule has 0 saturated carbocycles. The summed E-state index contributed by atoms with van der Waals surface area (Å²) in [6, 6.07) is 9.54. The van der Waals surface area contributed by atoms with Gasteiger partial charge in [-0.1, -0.05) is 18.2 Å². The summed E-state index contributed by atoms with van der Waals surface area (Å²) < 4.78 is 6.45. The monoisotopic (exact) mass is 352 g/mol. The number of anilines is 2. The Labute approximate surface area is 151 Å². The summed E-state index contributed by atoms with van der Waals surface area (Å²) in [4.78, 5) is 27.4. The van der Waals surface area contributed by atoms with Crippen LogP contribution in [0, 0.1) is 13.8 Å². The number of aryl methyl sites for hydroxylation is 2. The highest BCUT2D eigenvalue weighted by atomic mass is 16.5. The van der Waals surface area contributed by atoms with Crippen LogP contribution < -0.4 is 10.6 Å². The summed E-state index contributed by atoms with van der Waals surface area (Å²) in [7, 11) is 1.33. The molecule has 0 radical (unpaired) electrons. The van der Waals surface area contributed by atoms with E-state index in [4.69, 9.17) is 4.74 Å². The van der Waals surface area contributed by atoms with Gasteiger partial charge in [-0.3, -0.25) is 14.5 Å². The second kappa shape index (κ2) is 7.26. The Hall–Kier alpha value is -3.35. The van der Waals surface area contributed by atoms with Gasteiger partial charge in [0.15, 0.2) is 11.9 Å². The molecular formula is C19H20N4O3. The molecule has 2 N–H and O–H groups in total. The number of ether oxygens (including phenoxy) is 1. The van der Waals surface area contributed by atoms with Crippen LogP contribution in [0.2, 0.25) is 0 Å². The van der Waals surface area contributed by atoms with Gasteiger partial charge in [0.1, 0.15) is 5.69 Å². The van der Waals surface area contributed by atoms with Crippen LogP contribution in [-0.4, -0.2) is 28.9 Å². The number of hydrogen-bond donors (Lipinski definition) is 2. The Morgan fingerprint density at radius 1 is 1.27 bits per heavy atom. The molecule has 2 heterocycles. The molecule has 3 aromatic rings. The van der Waals surface area contributed by atoms with Gasteiger partial charge in [-0.15, -0.1) is 0 Å². The topological polar surface area (TPSA) is 84.7 Å². The number of aromatic nitrogens is 2. The van der Waals surface area contributed by atoms with E-state index in [0.717, 1.165) is 23.1 Å². The molecule has 0 aliphatic carbocycles. The molecule has 134 valence electrons. The van der Waals surface area contributed by atoms with Gasteiger partial charge in [-0.05, 0) is 37.1 Å². The highest BCUT2D eigenvalue weighted by Gasteiger charge is 2.13. The number of pyridine rings is 1. The number of benzene rings is 1. The molecule has 1 amide bonds. The number of fused-ring (bicyclic) bond motifs is 1. The average Bonchev–Trinajstić information content (AvgIpc) is 2.97. The summed E-state index contributed by atoms with van der Waals surface area (Å²) in [5.74, 6) is 0. The van der Waals surface area contributed by atoms with Crippen molar-refractivity contribution in [2.75, 3.05) is 17.7 Å². The van der Waals surface area contributed by atoms with Crippen molar-refractivity contribution < 1.29 is 14.3 Å². The van der Waals surface area contributed by atoms with Crippen molar-refractivity contribution in [3.05, 3.63) is 59.0 Å². The van der Waals surface area contributed by atoms with E-state index in [1.54, 1.807) is 17.5 Å². The van der Waals surface area contributed by atoms with Gasteiger partial charge >= 0.3 is 6.09 Å². The molecular weight excluding hydrogens is 332 g/mol. The molecule has 26 heavy (non-hydrogen) atoms. The molecule has 0 fully saturated rings. The molecule has 0 aliphatic heterocycles. The van der Waals surface area contributed by atoms with E-state index in [0.29, 0.717) is 29.3 Å². The molecule has 0 unspecified atom stereocenters. The predicted molar refractivity (Wildman–Crippen MR) is 99.8 cm³/mol. The second-order valence-corrected chi connectivity index (χ2v) is 5.89. The van der Waals surface area contributed by atoms with Crippen molar-refractivity contribution in [1.29, 1.82) is 0 Å². The molecule has 0 bridgehead atoms.